The van der Waals surface area contributed by atoms with Crippen molar-refractivity contribution in [2.75, 3.05) is 0 Å². The van der Waals surface area contributed by atoms with Crippen LogP contribution in [0.3, 0.4) is 0 Å². The van der Waals surface area contributed by atoms with Crippen LogP contribution in [0.5, 0.6) is 0 Å². The minimum absolute atomic E-state index is 0.926. The molecule has 2 nitrogen and oxygen atoms in total. The topological polar surface area (TPSA) is 25.8 Å². The van der Waals surface area contributed by atoms with E-state index in [1.807, 2.05) is 0 Å². The lowest BCUT2D eigenvalue weighted by atomic mass is 10.3. The predicted molar refractivity (Wildman–Crippen MR) is 85.5 cm³/mol. The Morgan fingerprint density at radius 2 is 1.06 bits per heavy atom. The Hall–Kier alpha value is -1.01. The molecule has 18 heavy (non-hydrogen) atoms. The van der Waals surface area contributed by atoms with Crippen molar-refractivity contribution in [1.82, 2.24) is 9.97 Å². The van der Waals surface area contributed by atoms with Crippen LogP contribution < -0.4 is 10.6 Å². The van der Waals surface area contributed by atoms with Crippen molar-refractivity contribution >= 4 is 37.8 Å². The van der Waals surface area contributed by atoms with Crippen LogP contribution >= 0.6 is 0 Å². The van der Waals surface area contributed by atoms with Crippen molar-refractivity contribution in [2.45, 2.75) is 39.3 Å². The standard InChI is InChI=1S/C14H22N2Si2/c1-17(2,3)12-9-7-11-8-10-13(18(4,5)6)16-14(11)15-12/h7-10H,1-6H3. The van der Waals surface area contributed by atoms with E-state index in [9.17, 15) is 0 Å². The van der Waals surface area contributed by atoms with Crippen LogP contribution in [0.25, 0.3) is 11.0 Å². The van der Waals surface area contributed by atoms with E-state index in [0.717, 1.165) is 11.0 Å². The Labute approximate surface area is 112 Å². The van der Waals surface area contributed by atoms with Gasteiger partial charge in [-0.3, -0.25) is 0 Å². The van der Waals surface area contributed by atoms with Gasteiger partial charge >= 0.3 is 0 Å². The first kappa shape index (κ1) is 13.4. The number of rotatable bonds is 2. The molecule has 0 aromatic carbocycles. The zero-order valence-corrected chi connectivity index (χ0v) is 14.2. The van der Waals surface area contributed by atoms with Gasteiger partial charge in [-0.1, -0.05) is 39.3 Å². The molecule has 0 radical (unpaired) electrons. The van der Waals surface area contributed by atoms with Crippen molar-refractivity contribution in [3.05, 3.63) is 24.3 Å². The summed E-state index contributed by atoms with van der Waals surface area (Å²) in [6.07, 6.45) is 0. The maximum atomic E-state index is 4.79. The SMILES string of the molecule is C[Si](C)(C)c1ccc2ccc([Si](C)(C)C)nc2n1. The Kier molecular flexibility index (Phi) is 3.19. The lowest BCUT2D eigenvalue weighted by molar-refractivity contribution is 1.32. The minimum atomic E-state index is -1.35. The molecule has 0 fully saturated rings. The maximum absolute atomic E-state index is 4.79. The van der Waals surface area contributed by atoms with E-state index in [4.69, 9.17) is 9.97 Å². The molecule has 0 saturated heterocycles. The van der Waals surface area contributed by atoms with E-state index in [-0.39, 0.29) is 0 Å². The van der Waals surface area contributed by atoms with Crippen molar-refractivity contribution in [1.29, 1.82) is 0 Å². The molecule has 0 unspecified atom stereocenters. The second kappa shape index (κ2) is 4.28. The lowest BCUT2D eigenvalue weighted by Crippen LogP contribution is -2.42. The highest BCUT2D eigenvalue weighted by molar-refractivity contribution is 6.88. The normalized spacial score (nSPS) is 13.0. The fraction of sp³-hybridized carbons (Fsp3) is 0.429. The summed E-state index contributed by atoms with van der Waals surface area (Å²) < 4.78 is 0. The van der Waals surface area contributed by atoms with Crippen LogP contribution in [0, 0.1) is 0 Å². The molecule has 0 aliphatic rings. The predicted octanol–water partition coefficient (Wildman–Crippen LogP) is 2.72. The van der Waals surface area contributed by atoms with Crippen LogP contribution in [0.1, 0.15) is 0 Å². The van der Waals surface area contributed by atoms with Crippen LogP contribution in [0.15, 0.2) is 24.3 Å². The van der Waals surface area contributed by atoms with Gasteiger partial charge in [0.1, 0.15) is 16.1 Å². The molecule has 0 bridgehead atoms. The summed E-state index contributed by atoms with van der Waals surface area (Å²) in [5, 5.41) is 3.64. The van der Waals surface area contributed by atoms with Crippen molar-refractivity contribution in [3.8, 4) is 0 Å². The van der Waals surface area contributed by atoms with E-state index >= 15 is 0 Å². The summed E-state index contributed by atoms with van der Waals surface area (Å²) >= 11 is 0. The second-order valence-corrected chi connectivity index (χ2v) is 17.0. The van der Waals surface area contributed by atoms with E-state index in [2.05, 4.69) is 63.5 Å². The average molecular weight is 275 g/mol. The highest BCUT2D eigenvalue weighted by atomic mass is 28.3. The summed E-state index contributed by atoms with van der Waals surface area (Å²) in [6.45, 7) is 13.9. The van der Waals surface area contributed by atoms with Gasteiger partial charge < -0.3 is 0 Å². The zero-order valence-electron chi connectivity index (χ0n) is 12.2. The van der Waals surface area contributed by atoms with E-state index in [0.29, 0.717) is 0 Å². The average Bonchev–Trinajstić information content (AvgIpc) is 2.25. The van der Waals surface area contributed by atoms with Gasteiger partial charge in [0.15, 0.2) is 5.65 Å². The van der Waals surface area contributed by atoms with Gasteiger partial charge in [-0.05, 0) is 24.3 Å². The van der Waals surface area contributed by atoms with Gasteiger partial charge in [0.25, 0.3) is 0 Å². The van der Waals surface area contributed by atoms with Crippen molar-refractivity contribution < 1.29 is 0 Å². The molecule has 2 rings (SSSR count). The molecule has 2 heterocycles. The van der Waals surface area contributed by atoms with Crippen LogP contribution in [0.4, 0.5) is 0 Å². The third-order valence-corrected chi connectivity index (χ3v) is 6.72. The molecule has 0 aliphatic heterocycles. The first-order valence-electron chi connectivity index (χ1n) is 6.47. The van der Waals surface area contributed by atoms with E-state index in [1.54, 1.807) is 0 Å². The molecular weight excluding hydrogens is 252 g/mol. The molecule has 0 aliphatic carbocycles. The number of pyridine rings is 2. The van der Waals surface area contributed by atoms with E-state index < -0.39 is 16.1 Å². The van der Waals surface area contributed by atoms with Gasteiger partial charge in [-0.25, -0.2) is 9.97 Å². The molecule has 2 aromatic rings. The maximum Gasteiger partial charge on any atom is 0.158 e. The van der Waals surface area contributed by atoms with E-state index in [1.165, 1.54) is 10.6 Å². The van der Waals surface area contributed by atoms with Crippen LogP contribution in [-0.4, -0.2) is 26.1 Å². The fourth-order valence-electron chi connectivity index (χ4n) is 1.83. The Morgan fingerprint density at radius 3 is 1.39 bits per heavy atom. The van der Waals surface area contributed by atoms with Gasteiger partial charge in [0.2, 0.25) is 0 Å². The second-order valence-electron chi connectivity index (χ2n) is 6.94. The first-order chi connectivity index (χ1) is 8.18. The zero-order chi connectivity index (χ0) is 13.6. The number of nitrogens with zero attached hydrogens (tertiary/aromatic N) is 2. The number of fused-ring (bicyclic) bond motifs is 1. The number of hydrogen-bond donors (Lipinski definition) is 0. The minimum Gasteiger partial charge on any atom is -0.238 e. The van der Waals surface area contributed by atoms with Crippen LogP contribution in [0.2, 0.25) is 39.3 Å². The third kappa shape index (κ3) is 2.70. The lowest BCUT2D eigenvalue weighted by Gasteiger charge is -2.18. The quantitative estimate of drug-likeness (QED) is 0.787. The Morgan fingerprint density at radius 1 is 0.667 bits per heavy atom. The third-order valence-electron chi connectivity index (χ3n) is 3.09. The Balaban J connectivity index is 2.61. The van der Waals surface area contributed by atoms with Gasteiger partial charge in [0, 0.05) is 16.0 Å². The van der Waals surface area contributed by atoms with Gasteiger partial charge in [-0.2, -0.15) is 0 Å². The summed E-state index contributed by atoms with van der Waals surface area (Å²) in [7, 11) is -2.71. The summed E-state index contributed by atoms with van der Waals surface area (Å²) in [5.41, 5.74) is 0.926. The van der Waals surface area contributed by atoms with Gasteiger partial charge in [0.05, 0.1) is 0 Å². The molecule has 0 N–H and O–H groups in total. The monoisotopic (exact) mass is 274 g/mol. The smallest absolute Gasteiger partial charge is 0.158 e. The fourth-order valence-corrected chi connectivity index (χ4v) is 3.88. The summed E-state index contributed by atoms with van der Waals surface area (Å²) in [4.78, 5) is 9.59. The molecule has 2 aromatic heterocycles. The summed E-state index contributed by atoms with van der Waals surface area (Å²) in [6, 6.07) is 8.67. The molecular formula is C14H22N2Si2. The summed E-state index contributed by atoms with van der Waals surface area (Å²) in [5.74, 6) is 0. The molecule has 0 amide bonds. The largest absolute Gasteiger partial charge is 0.238 e. The molecule has 0 atom stereocenters. The Bertz CT molecular complexity index is 532. The number of aromatic nitrogens is 2. The molecule has 4 heteroatoms. The highest BCUT2D eigenvalue weighted by Gasteiger charge is 2.21. The number of hydrogen-bond acceptors (Lipinski definition) is 2. The van der Waals surface area contributed by atoms with Gasteiger partial charge in [-0.15, -0.1) is 0 Å². The molecule has 0 spiro atoms. The molecule has 0 saturated carbocycles. The van der Waals surface area contributed by atoms with Crippen molar-refractivity contribution in [3.63, 3.8) is 0 Å². The highest BCUT2D eigenvalue weighted by Crippen LogP contribution is 2.10. The molecule has 96 valence electrons. The first-order valence-corrected chi connectivity index (χ1v) is 13.5. The van der Waals surface area contributed by atoms with Crippen molar-refractivity contribution in [2.24, 2.45) is 0 Å². The van der Waals surface area contributed by atoms with Crippen LogP contribution in [-0.2, 0) is 0 Å².